The van der Waals surface area contributed by atoms with Crippen LogP contribution in [0.25, 0.3) is 10.8 Å². The molecule has 4 nitrogen and oxygen atoms in total. The van der Waals surface area contributed by atoms with Crippen molar-refractivity contribution < 1.29 is 14.0 Å². The molecule has 0 radical (unpaired) electrons. The maximum absolute atomic E-state index is 14.2. The quantitative estimate of drug-likeness (QED) is 0.600. The maximum atomic E-state index is 14.2. The lowest BCUT2D eigenvalue weighted by Crippen LogP contribution is -2.46. The monoisotopic (exact) mass is 448 g/mol. The van der Waals surface area contributed by atoms with Crippen LogP contribution in [0.4, 0.5) is 4.39 Å². The Morgan fingerprint density at radius 2 is 1.81 bits per heavy atom. The Morgan fingerprint density at radius 1 is 1.00 bits per heavy atom. The number of amides is 2. The molecule has 2 unspecified atom stereocenters. The molecule has 0 saturated carbocycles. The number of carbonyl (C=O) groups is 2. The lowest BCUT2D eigenvalue weighted by molar-refractivity contribution is -0.127. The fourth-order valence-electron chi connectivity index (χ4n) is 4.78. The van der Waals surface area contributed by atoms with E-state index in [2.05, 4.69) is 5.32 Å². The summed E-state index contributed by atoms with van der Waals surface area (Å²) in [5, 5.41) is 5.11. The Morgan fingerprint density at radius 3 is 2.72 bits per heavy atom. The first-order valence-electron chi connectivity index (χ1n) is 11.1. The number of benzene rings is 3. The Bertz CT molecular complexity index is 1180. The van der Waals surface area contributed by atoms with E-state index in [0.717, 1.165) is 41.4 Å². The van der Waals surface area contributed by atoms with Gasteiger partial charge in [-0.3, -0.25) is 9.59 Å². The summed E-state index contributed by atoms with van der Waals surface area (Å²) < 4.78 is 14.2. The number of likely N-dealkylation sites (tertiary alicyclic amines) is 1. The van der Waals surface area contributed by atoms with E-state index >= 15 is 0 Å². The molecule has 164 valence electrons. The molecule has 2 atom stereocenters. The van der Waals surface area contributed by atoms with Crippen LogP contribution in [0.5, 0.6) is 0 Å². The molecule has 0 aromatic heterocycles. The molecule has 6 heteroatoms. The molecule has 0 spiro atoms. The highest BCUT2D eigenvalue weighted by atomic mass is 32.2. The molecule has 3 aromatic carbocycles. The maximum Gasteiger partial charge on any atom is 0.254 e. The van der Waals surface area contributed by atoms with Crippen LogP contribution in [-0.4, -0.2) is 35.6 Å². The third-order valence-electron chi connectivity index (χ3n) is 6.44. The predicted octanol–water partition coefficient (Wildman–Crippen LogP) is 5.18. The smallest absolute Gasteiger partial charge is 0.254 e. The van der Waals surface area contributed by atoms with Crippen LogP contribution in [0.2, 0.25) is 0 Å². The first-order valence-corrected chi connectivity index (χ1v) is 12.1. The number of hydrogen-bond acceptors (Lipinski definition) is 3. The van der Waals surface area contributed by atoms with Gasteiger partial charge in [-0.15, -0.1) is 11.8 Å². The molecule has 1 N–H and O–H groups in total. The Kier molecular flexibility index (Phi) is 5.87. The number of hydrogen-bond donors (Lipinski definition) is 1. The standard InChI is InChI=1S/C26H25FN2O2S/c27-22-12-4-11-21-23(13-15-32-24(21)22)28-25(30)18-8-5-14-29(16-18)26(31)20-10-3-7-17-6-1-2-9-19(17)20/h1-4,6-7,9-12,18,23H,5,8,13-16H2,(H,28,30). The Labute approximate surface area is 191 Å². The van der Waals surface area contributed by atoms with Crippen LogP contribution in [0, 0.1) is 11.7 Å². The molecule has 3 aromatic rings. The highest BCUT2D eigenvalue weighted by Gasteiger charge is 2.32. The van der Waals surface area contributed by atoms with Gasteiger partial charge < -0.3 is 10.2 Å². The van der Waals surface area contributed by atoms with Gasteiger partial charge in [0.25, 0.3) is 5.91 Å². The van der Waals surface area contributed by atoms with Crippen LogP contribution in [0.3, 0.4) is 0 Å². The van der Waals surface area contributed by atoms with Gasteiger partial charge in [-0.1, -0.05) is 48.5 Å². The molecule has 2 aliphatic rings. The first kappa shape index (κ1) is 21.0. The summed E-state index contributed by atoms with van der Waals surface area (Å²) in [5.74, 6) is 0.216. The van der Waals surface area contributed by atoms with Gasteiger partial charge in [0.15, 0.2) is 0 Å². The van der Waals surface area contributed by atoms with Crippen LogP contribution >= 0.6 is 11.8 Å². The molecular formula is C26H25FN2O2S. The largest absolute Gasteiger partial charge is 0.349 e. The van der Waals surface area contributed by atoms with Crippen molar-refractivity contribution in [1.29, 1.82) is 0 Å². The number of thioether (sulfide) groups is 1. The normalized spacial score (nSPS) is 20.6. The Hall–Kier alpha value is -2.86. The number of nitrogens with zero attached hydrogens (tertiary/aromatic N) is 1. The van der Waals surface area contributed by atoms with Crippen LogP contribution in [0.15, 0.2) is 65.6 Å². The van der Waals surface area contributed by atoms with E-state index in [1.165, 1.54) is 17.8 Å². The summed E-state index contributed by atoms with van der Waals surface area (Å²) in [6.45, 7) is 1.06. The van der Waals surface area contributed by atoms with Gasteiger partial charge >= 0.3 is 0 Å². The van der Waals surface area contributed by atoms with Crippen molar-refractivity contribution in [3.05, 3.63) is 77.6 Å². The van der Waals surface area contributed by atoms with Crippen molar-refractivity contribution in [2.75, 3.05) is 18.8 Å². The minimum absolute atomic E-state index is 0.0271. The van der Waals surface area contributed by atoms with E-state index in [1.807, 2.05) is 48.5 Å². The second-order valence-electron chi connectivity index (χ2n) is 8.47. The Balaban J connectivity index is 1.31. The SMILES string of the molecule is O=C(NC1CCSc2c(F)cccc21)C1CCCN(C(=O)c2cccc3ccccc23)C1. The summed E-state index contributed by atoms with van der Waals surface area (Å²) in [7, 11) is 0. The molecule has 1 saturated heterocycles. The van der Waals surface area contributed by atoms with E-state index in [9.17, 15) is 14.0 Å². The topological polar surface area (TPSA) is 49.4 Å². The van der Waals surface area contributed by atoms with Gasteiger partial charge in [-0.05, 0) is 47.7 Å². The van der Waals surface area contributed by atoms with Gasteiger partial charge in [0, 0.05) is 29.3 Å². The van der Waals surface area contributed by atoms with Gasteiger partial charge in [-0.25, -0.2) is 4.39 Å². The second kappa shape index (κ2) is 8.94. The summed E-state index contributed by atoms with van der Waals surface area (Å²) in [5.41, 5.74) is 1.53. The van der Waals surface area contributed by atoms with Crippen molar-refractivity contribution in [3.8, 4) is 0 Å². The fourth-order valence-corrected chi connectivity index (χ4v) is 5.92. The molecule has 5 rings (SSSR count). The zero-order chi connectivity index (χ0) is 22.1. The summed E-state index contributed by atoms with van der Waals surface area (Å²) in [6, 6.07) is 18.5. The molecule has 2 aliphatic heterocycles. The highest BCUT2D eigenvalue weighted by molar-refractivity contribution is 7.99. The number of halogens is 1. The molecular weight excluding hydrogens is 423 g/mol. The fraction of sp³-hybridized carbons (Fsp3) is 0.308. The third kappa shape index (κ3) is 3.99. The van der Waals surface area contributed by atoms with Crippen molar-refractivity contribution >= 4 is 34.3 Å². The number of rotatable bonds is 3. The zero-order valence-electron chi connectivity index (χ0n) is 17.7. The molecule has 2 amide bonds. The lowest BCUT2D eigenvalue weighted by atomic mass is 9.94. The molecule has 32 heavy (non-hydrogen) atoms. The average Bonchev–Trinajstić information content (AvgIpc) is 2.84. The van der Waals surface area contributed by atoms with E-state index in [-0.39, 0.29) is 29.6 Å². The third-order valence-corrected chi connectivity index (χ3v) is 7.60. The zero-order valence-corrected chi connectivity index (χ0v) is 18.5. The van der Waals surface area contributed by atoms with Crippen molar-refractivity contribution in [3.63, 3.8) is 0 Å². The van der Waals surface area contributed by atoms with Gasteiger partial charge in [0.05, 0.1) is 12.0 Å². The molecule has 0 aliphatic carbocycles. The molecule has 1 fully saturated rings. The predicted molar refractivity (Wildman–Crippen MR) is 125 cm³/mol. The van der Waals surface area contributed by atoms with E-state index in [1.54, 1.807) is 11.0 Å². The van der Waals surface area contributed by atoms with E-state index in [0.29, 0.717) is 23.5 Å². The highest BCUT2D eigenvalue weighted by Crippen LogP contribution is 2.38. The molecule has 0 bridgehead atoms. The summed E-state index contributed by atoms with van der Waals surface area (Å²) in [4.78, 5) is 28.9. The first-order chi connectivity index (χ1) is 15.6. The summed E-state index contributed by atoms with van der Waals surface area (Å²) in [6.07, 6.45) is 2.32. The van der Waals surface area contributed by atoms with E-state index in [4.69, 9.17) is 0 Å². The van der Waals surface area contributed by atoms with Crippen LogP contribution in [-0.2, 0) is 4.79 Å². The average molecular weight is 449 g/mol. The summed E-state index contributed by atoms with van der Waals surface area (Å²) >= 11 is 1.51. The van der Waals surface area contributed by atoms with Crippen LogP contribution in [0.1, 0.15) is 41.2 Å². The van der Waals surface area contributed by atoms with Crippen LogP contribution < -0.4 is 5.32 Å². The lowest BCUT2D eigenvalue weighted by Gasteiger charge is -2.34. The van der Waals surface area contributed by atoms with Gasteiger partial charge in [0.2, 0.25) is 5.91 Å². The minimum Gasteiger partial charge on any atom is -0.349 e. The number of fused-ring (bicyclic) bond motifs is 2. The molecule has 2 heterocycles. The number of nitrogens with one attached hydrogen (secondary N) is 1. The number of carbonyl (C=O) groups excluding carboxylic acids is 2. The van der Waals surface area contributed by atoms with Crippen molar-refractivity contribution in [2.24, 2.45) is 5.92 Å². The minimum atomic E-state index is -0.255. The van der Waals surface area contributed by atoms with Gasteiger partial charge in [-0.2, -0.15) is 0 Å². The van der Waals surface area contributed by atoms with E-state index < -0.39 is 0 Å². The van der Waals surface area contributed by atoms with Gasteiger partial charge in [0.1, 0.15) is 5.82 Å². The van der Waals surface area contributed by atoms with Crippen molar-refractivity contribution in [1.82, 2.24) is 10.2 Å². The number of piperidine rings is 1. The second-order valence-corrected chi connectivity index (χ2v) is 9.58. The van der Waals surface area contributed by atoms with Crippen molar-refractivity contribution in [2.45, 2.75) is 30.2 Å².